The van der Waals surface area contributed by atoms with E-state index in [-0.39, 0.29) is 17.7 Å². The SMILES string of the molecule is Cc1ccc([C@H](C)NC(=O)c2ccc(CS(=O)(=O)N3CCCC3)cc2)cc1. The predicted octanol–water partition coefficient (Wildman–Crippen LogP) is 3.41. The van der Waals surface area contributed by atoms with Crippen LogP contribution in [0.15, 0.2) is 48.5 Å². The summed E-state index contributed by atoms with van der Waals surface area (Å²) in [5.41, 5.74) is 3.44. The van der Waals surface area contributed by atoms with Crippen molar-refractivity contribution in [2.45, 2.75) is 38.5 Å². The zero-order valence-electron chi connectivity index (χ0n) is 15.8. The van der Waals surface area contributed by atoms with E-state index in [1.54, 1.807) is 28.6 Å². The van der Waals surface area contributed by atoms with Crippen molar-refractivity contribution in [3.05, 3.63) is 70.8 Å². The number of carbonyl (C=O) groups is 1. The van der Waals surface area contributed by atoms with Crippen LogP contribution in [-0.2, 0) is 15.8 Å². The Kier molecular flexibility index (Phi) is 5.97. The molecule has 0 unspecified atom stereocenters. The minimum absolute atomic E-state index is 0.0192. The Morgan fingerprint density at radius 3 is 2.22 bits per heavy atom. The zero-order valence-corrected chi connectivity index (χ0v) is 16.6. The maximum absolute atomic E-state index is 12.5. The molecule has 144 valence electrons. The van der Waals surface area contributed by atoms with Gasteiger partial charge in [-0.15, -0.1) is 0 Å². The number of hydrogen-bond acceptors (Lipinski definition) is 3. The molecule has 3 rings (SSSR count). The third-order valence-electron chi connectivity index (χ3n) is 4.95. The number of nitrogens with zero attached hydrogens (tertiary/aromatic N) is 1. The molecule has 0 spiro atoms. The van der Waals surface area contributed by atoms with Crippen molar-refractivity contribution in [3.63, 3.8) is 0 Å². The number of nitrogens with one attached hydrogen (secondary N) is 1. The molecule has 1 aliphatic heterocycles. The normalized spacial score (nSPS) is 16.2. The molecule has 1 aliphatic rings. The lowest BCUT2D eigenvalue weighted by molar-refractivity contribution is 0.0940. The van der Waals surface area contributed by atoms with Crippen LogP contribution < -0.4 is 5.32 Å². The van der Waals surface area contributed by atoms with E-state index in [1.807, 2.05) is 38.1 Å². The fourth-order valence-electron chi connectivity index (χ4n) is 3.24. The first-order chi connectivity index (χ1) is 12.8. The summed E-state index contributed by atoms with van der Waals surface area (Å²) < 4.78 is 26.3. The van der Waals surface area contributed by atoms with Gasteiger partial charge in [0.05, 0.1) is 11.8 Å². The summed E-state index contributed by atoms with van der Waals surface area (Å²) in [5, 5.41) is 2.98. The van der Waals surface area contributed by atoms with Crippen molar-refractivity contribution in [1.82, 2.24) is 9.62 Å². The molecule has 2 aromatic carbocycles. The monoisotopic (exact) mass is 386 g/mol. The molecule has 5 nitrogen and oxygen atoms in total. The number of hydrogen-bond donors (Lipinski definition) is 1. The van der Waals surface area contributed by atoms with Crippen molar-refractivity contribution < 1.29 is 13.2 Å². The van der Waals surface area contributed by atoms with Gasteiger partial charge in [0.1, 0.15) is 0 Å². The zero-order chi connectivity index (χ0) is 19.4. The molecule has 0 saturated carbocycles. The second-order valence-electron chi connectivity index (χ2n) is 7.17. The van der Waals surface area contributed by atoms with Crippen LogP contribution in [-0.4, -0.2) is 31.7 Å². The molecule has 1 amide bonds. The third kappa shape index (κ3) is 4.96. The van der Waals surface area contributed by atoms with Crippen molar-refractivity contribution >= 4 is 15.9 Å². The van der Waals surface area contributed by atoms with Gasteiger partial charge in [0.25, 0.3) is 5.91 Å². The van der Waals surface area contributed by atoms with E-state index >= 15 is 0 Å². The second kappa shape index (κ2) is 8.23. The Bertz CT molecular complexity index is 884. The van der Waals surface area contributed by atoms with Crippen LogP contribution in [0.4, 0.5) is 0 Å². The summed E-state index contributed by atoms with van der Waals surface area (Å²) in [6, 6.07) is 14.8. The third-order valence-corrected chi connectivity index (χ3v) is 6.80. The van der Waals surface area contributed by atoms with Gasteiger partial charge in [-0.05, 0) is 49.9 Å². The summed E-state index contributed by atoms with van der Waals surface area (Å²) in [6.45, 7) is 5.19. The molecule has 1 N–H and O–H groups in total. The first-order valence-corrected chi connectivity index (χ1v) is 10.9. The Balaban J connectivity index is 1.62. The first kappa shape index (κ1) is 19.6. The van der Waals surface area contributed by atoms with Gasteiger partial charge in [-0.25, -0.2) is 12.7 Å². The fraction of sp³-hybridized carbons (Fsp3) is 0.381. The largest absolute Gasteiger partial charge is 0.346 e. The minimum atomic E-state index is -3.27. The van der Waals surface area contributed by atoms with E-state index in [9.17, 15) is 13.2 Å². The first-order valence-electron chi connectivity index (χ1n) is 9.29. The minimum Gasteiger partial charge on any atom is -0.346 e. The highest BCUT2D eigenvalue weighted by Gasteiger charge is 2.25. The van der Waals surface area contributed by atoms with Gasteiger partial charge >= 0.3 is 0 Å². The van der Waals surface area contributed by atoms with Gasteiger partial charge in [-0.3, -0.25) is 4.79 Å². The molecule has 2 aromatic rings. The highest BCUT2D eigenvalue weighted by Crippen LogP contribution is 2.18. The van der Waals surface area contributed by atoms with Crippen LogP contribution >= 0.6 is 0 Å². The molecule has 6 heteroatoms. The Morgan fingerprint density at radius 2 is 1.63 bits per heavy atom. The molecule has 1 atom stereocenters. The lowest BCUT2D eigenvalue weighted by Gasteiger charge is -2.16. The van der Waals surface area contributed by atoms with Gasteiger partial charge in [0, 0.05) is 18.7 Å². The van der Waals surface area contributed by atoms with E-state index in [2.05, 4.69) is 5.32 Å². The average molecular weight is 387 g/mol. The summed E-state index contributed by atoms with van der Waals surface area (Å²) >= 11 is 0. The van der Waals surface area contributed by atoms with E-state index in [0.717, 1.165) is 18.4 Å². The molecule has 0 aromatic heterocycles. The number of rotatable bonds is 6. The number of benzene rings is 2. The van der Waals surface area contributed by atoms with Gasteiger partial charge in [-0.1, -0.05) is 42.0 Å². The molecule has 1 saturated heterocycles. The van der Waals surface area contributed by atoms with Crippen molar-refractivity contribution in [1.29, 1.82) is 0 Å². The van der Waals surface area contributed by atoms with E-state index in [4.69, 9.17) is 0 Å². The molecule has 27 heavy (non-hydrogen) atoms. The molecule has 1 heterocycles. The predicted molar refractivity (Wildman–Crippen MR) is 107 cm³/mol. The maximum atomic E-state index is 12.5. The van der Waals surface area contributed by atoms with Crippen LogP contribution in [0, 0.1) is 6.92 Å². The van der Waals surface area contributed by atoms with E-state index in [1.165, 1.54) is 5.56 Å². The summed E-state index contributed by atoms with van der Waals surface area (Å²) in [7, 11) is -3.27. The van der Waals surface area contributed by atoms with Crippen LogP contribution in [0.2, 0.25) is 0 Å². The summed E-state index contributed by atoms with van der Waals surface area (Å²) in [6.07, 6.45) is 1.86. The van der Waals surface area contributed by atoms with Gasteiger partial charge in [0.2, 0.25) is 10.0 Å². The Labute approximate surface area is 161 Å². The lowest BCUT2D eigenvalue weighted by atomic mass is 10.1. The Morgan fingerprint density at radius 1 is 1.04 bits per heavy atom. The smallest absolute Gasteiger partial charge is 0.251 e. The second-order valence-corrected chi connectivity index (χ2v) is 9.13. The van der Waals surface area contributed by atoms with Crippen LogP contribution in [0.5, 0.6) is 0 Å². The number of aryl methyl sites for hydroxylation is 1. The van der Waals surface area contributed by atoms with Crippen molar-refractivity contribution in [3.8, 4) is 0 Å². The lowest BCUT2D eigenvalue weighted by Crippen LogP contribution is -2.29. The van der Waals surface area contributed by atoms with Gasteiger partial charge in [0.15, 0.2) is 0 Å². The highest BCUT2D eigenvalue weighted by atomic mass is 32.2. The number of amides is 1. The molecule has 0 radical (unpaired) electrons. The van der Waals surface area contributed by atoms with Crippen molar-refractivity contribution in [2.75, 3.05) is 13.1 Å². The van der Waals surface area contributed by atoms with Gasteiger partial charge in [-0.2, -0.15) is 0 Å². The molecule has 0 bridgehead atoms. The molecule has 0 aliphatic carbocycles. The average Bonchev–Trinajstić information content (AvgIpc) is 3.18. The summed E-state index contributed by atoms with van der Waals surface area (Å²) in [4.78, 5) is 12.5. The van der Waals surface area contributed by atoms with Crippen molar-refractivity contribution in [2.24, 2.45) is 0 Å². The van der Waals surface area contributed by atoms with E-state index in [0.29, 0.717) is 24.2 Å². The molecule has 1 fully saturated rings. The molecular formula is C21H26N2O3S. The van der Waals surface area contributed by atoms with Gasteiger partial charge < -0.3 is 5.32 Å². The van der Waals surface area contributed by atoms with Crippen LogP contribution in [0.25, 0.3) is 0 Å². The quantitative estimate of drug-likeness (QED) is 0.827. The van der Waals surface area contributed by atoms with E-state index < -0.39 is 10.0 Å². The molecular weight excluding hydrogens is 360 g/mol. The van der Waals surface area contributed by atoms with Crippen LogP contribution in [0.3, 0.4) is 0 Å². The summed E-state index contributed by atoms with van der Waals surface area (Å²) in [5.74, 6) is -0.189. The highest BCUT2D eigenvalue weighted by molar-refractivity contribution is 7.88. The number of carbonyl (C=O) groups excluding carboxylic acids is 1. The topological polar surface area (TPSA) is 66.5 Å². The Hall–Kier alpha value is -2.18. The fourth-order valence-corrected chi connectivity index (χ4v) is 4.85. The maximum Gasteiger partial charge on any atom is 0.251 e. The standard InChI is InChI=1S/C21H26N2O3S/c1-16-5-9-19(10-6-16)17(2)22-21(24)20-11-7-18(8-12-20)15-27(25,26)23-13-3-4-14-23/h5-12,17H,3-4,13-15H2,1-2H3,(H,22,24)/t17-/m0/s1. The number of sulfonamides is 1. The van der Waals surface area contributed by atoms with Crippen LogP contribution in [0.1, 0.15) is 52.9 Å².